The molecular weight excluding hydrogens is 257 g/mol. The Bertz CT molecular complexity index is 516. The zero-order valence-corrected chi connectivity index (χ0v) is 10.6. The molecule has 18 heavy (non-hydrogen) atoms. The molecule has 1 N–H and O–H groups in total. The highest BCUT2D eigenvalue weighted by Crippen LogP contribution is 2.19. The molecule has 1 atom stereocenters. The van der Waals surface area contributed by atoms with Crippen LogP contribution in [0, 0.1) is 5.82 Å². The third-order valence-electron chi connectivity index (χ3n) is 2.36. The Morgan fingerprint density at radius 1 is 1.44 bits per heavy atom. The van der Waals surface area contributed by atoms with Gasteiger partial charge in [-0.15, -0.1) is 16.7 Å². The van der Waals surface area contributed by atoms with E-state index in [0.29, 0.717) is 24.9 Å². The van der Waals surface area contributed by atoms with Gasteiger partial charge in [0.05, 0.1) is 0 Å². The molecule has 0 saturated carbocycles. The second-order valence-corrected chi connectivity index (χ2v) is 4.52. The summed E-state index contributed by atoms with van der Waals surface area (Å²) in [5.74, 6) is 0.147. The van der Waals surface area contributed by atoms with Gasteiger partial charge in [-0.3, -0.25) is 0 Å². The van der Waals surface area contributed by atoms with Crippen LogP contribution in [-0.2, 0) is 6.42 Å². The van der Waals surface area contributed by atoms with Crippen molar-refractivity contribution in [3.05, 3.63) is 41.5 Å². The normalized spacial score (nSPS) is 12.4. The van der Waals surface area contributed by atoms with Gasteiger partial charge in [0.1, 0.15) is 11.2 Å². The number of alkyl halides is 1. The molecule has 0 aliphatic heterocycles. The van der Waals surface area contributed by atoms with Crippen LogP contribution < -0.4 is 5.32 Å². The third kappa shape index (κ3) is 3.43. The highest BCUT2D eigenvalue weighted by Gasteiger charge is 2.10. The average molecular weight is 270 g/mol. The average Bonchev–Trinajstić information content (AvgIpc) is 2.78. The van der Waals surface area contributed by atoms with Crippen LogP contribution in [-0.4, -0.2) is 16.7 Å². The minimum absolute atomic E-state index is 0.233. The molecule has 0 fully saturated rings. The number of anilines is 1. The lowest BCUT2D eigenvalue weighted by molar-refractivity contribution is 0.506. The van der Waals surface area contributed by atoms with Crippen molar-refractivity contribution in [3.8, 4) is 0 Å². The van der Waals surface area contributed by atoms with Crippen molar-refractivity contribution >= 4 is 17.6 Å². The summed E-state index contributed by atoms with van der Waals surface area (Å²) in [6.45, 7) is 2.34. The predicted molar refractivity (Wildman–Crippen MR) is 67.2 cm³/mol. The summed E-state index contributed by atoms with van der Waals surface area (Å²) in [5, 5.41) is 10.2. The Morgan fingerprint density at radius 2 is 2.28 bits per heavy atom. The Balaban J connectivity index is 1.84. The van der Waals surface area contributed by atoms with Crippen LogP contribution in [0.2, 0.25) is 0 Å². The molecule has 96 valence electrons. The van der Waals surface area contributed by atoms with E-state index >= 15 is 0 Å². The number of nitrogens with zero attached hydrogens (tertiary/aromatic N) is 2. The molecule has 0 saturated heterocycles. The third-order valence-corrected chi connectivity index (χ3v) is 2.55. The SMILES string of the molecule is CC(Cl)c1nnc(NCCc2cccc(F)c2)o1. The van der Waals surface area contributed by atoms with Gasteiger partial charge in [0.2, 0.25) is 5.89 Å². The van der Waals surface area contributed by atoms with Crippen LogP contribution in [0.15, 0.2) is 28.7 Å². The quantitative estimate of drug-likeness (QED) is 0.847. The molecule has 4 nitrogen and oxygen atoms in total. The largest absolute Gasteiger partial charge is 0.407 e. The van der Waals surface area contributed by atoms with Crippen molar-refractivity contribution in [1.29, 1.82) is 0 Å². The van der Waals surface area contributed by atoms with E-state index < -0.39 is 0 Å². The van der Waals surface area contributed by atoms with Gasteiger partial charge in [0, 0.05) is 6.54 Å². The first-order valence-electron chi connectivity index (χ1n) is 5.61. The minimum Gasteiger partial charge on any atom is -0.407 e. The van der Waals surface area contributed by atoms with E-state index in [9.17, 15) is 4.39 Å². The van der Waals surface area contributed by atoms with E-state index in [1.54, 1.807) is 13.0 Å². The fraction of sp³-hybridized carbons (Fsp3) is 0.333. The smallest absolute Gasteiger partial charge is 0.315 e. The number of halogens is 2. The summed E-state index contributed by atoms with van der Waals surface area (Å²) in [4.78, 5) is 0. The van der Waals surface area contributed by atoms with E-state index in [2.05, 4.69) is 15.5 Å². The first-order valence-corrected chi connectivity index (χ1v) is 6.04. The monoisotopic (exact) mass is 269 g/mol. The van der Waals surface area contributed by atoms with E-state index in [4.69, 9.17) is 16.0 Å². The Labute approximate surface area is 109 Å². The number of aromatic nitrogens is 2. The van der Waals surface area contributed by atoms with Gasteiger partial charge >= 0.3 is 6.01 Å². The van der Waals surface area contributed by atoms with Crippen LogP contribution in [0.4, 0.5) is 10.4 Å². The zero-order chi connectivity index (χ0) is 13.0. The van der Waals surface area contributed by atoms with Crippen molar-refractivity contribution in [3.63, 3.8) is 0 Å². The molecule has 0 aliphatic carbocycles. The number of nitrogens with one attached hydrogen (secondary N) is 1. The van der Waals surface area contributed by atoms with Gasteiger partial charge in [-0.05, 0) is 31.0 Å². The second kappa shape index (κ2) is 5.82. The maximum absolute atomic E-state index is 12.9. The minimum atomic E-state index is -0.309. The van der Waals surface area contributed by atoms with Crippen LogP contribution in [0.1, 0.15) is 23.8 Å². The van der Waals surface area contributed by atoms with Crippen molar-refractivity contribution in [1.82, 2.24) is 10.2 Å². The summed E-state index contributed by atoms with van der Waals surface area (Å²) in [7, 11) is 0. The summed E-state index contributed by atoms with van der Waals surface area (Å²) < 4.78 is 18.2. The predicted octanol–water partition coefficient (Wildman–Crippen LogP) is 3.16. The van der Waals surface area contributed by atoms with Crippen molar-refractivity contribution in [2.45, 2.75) is 18.7 Å². The molecule has 2 aromatic rings. The summed E-state index contributed by atoms with van der Waals surface area (Å²) in [5.41, 5.74) is 0.910. The van der Waals surface area contributed by atoms with E-state index in [1.807, 2.05) is 6.07 Å². The lowest BCUT2D eigenvalue weighted by Gasteiger charge is -2.02. The molecular formula is C12H13ClFN3O. The first-order chi connectivity index (χ1) is 8.65. The molecule has 0 aliphatic rings. The maximum atomic E-state index is 12.9. The lowest BCUT2D eigenvalue weighted by Crippen LogP contribution is -2.05. The van der Waals surface area contributed by atoms with Gasteiger partial charge < -0.3 is 9.73 Å². The second-order valence-electron chi connectivity index (χ2n) is 3.87. The van der Waals surface area contributed by atoms with Crippen LogP contribution in [0.3, 0.4) is 0 Å². The van der Waals surface area contributed by atoms with Gasteiger partial charge in [-0.1, -0.05) is 17.2 Å². The molecule has 2 rings (SSSR count). The first kappa shape index (κ1) is 12.8. The van der Waals surface area contributed by atoms with Gasteiger partial charge in [-0.2, -0.15) is 0 Å². The van der Waals surface area contributed by atoms with Crippen molar-refractivity contribution < 1.29 is 8.81 Å². The van der Waals surface area contributed by atoms with Gasteiger partial charge in [0.15, 0.2) is 0 Å². The molecule has 1 aromatic carbocycles. The Kier molecular flexibility index (Phi) is 4.15. The van der Waals surface area contributed by atoms with Crippen LogP contribution >= 0.6 is 11.6 Å². The van der Waals surface area contributed by atoms with Crippen molar-refractivity contribution in [2.24, 2.45) is 0 Å². The molecule has 6 heteroatoms. The van der Waals surface area contributed by atoms with E-state index in [1.165, 1.54) is 12.1 Å². The van der Waals surface area contributed by atoms with E-state index in [0.717, 1.165) is 5.56 Å². The summed E-state index contributed by atoms with van der Waals surface area (Å²) >= 11 is 5.80. The molecule has 0 bridgehead atoms. The highest BCUT2D eigenvalue weighted by atomic mass is 35.5. The van der Waals surface area contributed by atoms with Crippen molar-refractivity contribution in [2.75, 3.05) is 11.9 Å². The fourth-order valence-corrected chi connectivity index (χ4v) is 1.56. The number of benzene rings is 1. The standard InChI is InChI=1S/C12H13ClFN3O/c1-8(13)11-16-17-12(18-11)15-6-5-9-3-2-4-10(14)7-9/h2-4,7-8H,5-6H2,1H3,(H,15,17). The number of hydrogen-bond donors (Lipinski definition) is 1. The molecule has 0 radical (unpaired) electrons. The van der Waals surface area contributed by atoms with Crippen LogP contribution in [0.5, 0.6) is 0 Å². The lowest BCUT2D eigenvalue weighted by atomic mass is 10.1. The van der Waals surface area contributed by atoms with E-state index in [-0.39, 0.29) is 11.2 Å². The van der Waals surface area contributed by atoms with Gasteiger partial charge in [0.25, 0.3) is 0 Å². The van der Waals surface area contributed by atoms with Gasteiger partial charge in [-0.25, -0.2) is 4.39 Å². The maximum Gasteiger partial charge on any atom is 0.315 e. The van der Waals surface area contributed by atoms with Crippen LogP contribution in [0.25, 0.3) is 0 Å². The topological polar surface area (TPSA) is 51.0 Å². The molecule has 0 spiro atoms. The molecule has 1 unspecified atom stereocenters. The zero-order valence-electron chi connectivity index (χ0n) is 9.86. The molecule has 1 aromatic heterocycles. The number of hydrogen-bond acceptors (Lipinski definition) is 4. The summed E-state index contributed by atoms with van der Waals surface area (Å²) in [6.07, 6.45) is 0.673. The highest BCUT2D eigenvalue weighted by molar-refractivity contribution is 6.20. The Morgan fingerprint density at radius 3 is 2.94 bits per heavy atom. The summed E-state index contributed by atoms with van der Waals surface area (Å²) in [6, 6.07) is 6.80. The molecule has 0 amide bonds. The fourth-order valence-electron chi connectivity index (χ4n) is 1.47. The Hall–Kier alpha value is -1.62. The molecule has 1 heterocycles. The number of rotatable bonds is 5.